The standard InChI is InChI=1S/C22H23Cl3N4OS/c1-14-5-4-6-15(9-14)12-31-21-28-27-19(11-26-20(30)22(2,3)13-23)29(21)18-10-16(24)7-8-17(18)25/h4-10H,11-13H2,1-3H3,(H,26,30). The molecule has 0 saturated carbocycles. The van der Waals surface area contributed by atoms with Crippen LogP contribution in [0.4, 0.5) is 0 Å². The fourth-order valence-electron chi connectivity index (χ4n) is 2.82. The largest absolute Gasteiger partial charge is 0.348 e. The van der Waals surface area contributed by atoms with Crippen LogP contribution in [0, 0.1) is 12.3 Å². The zero-order chi connectivity index (χ0) is 22.6. The Balaban J connectivity index is 1.92. The van der Waals surface area contributed by atoms with Crippen molar-refractivity contribution in [1.29, 1.82) is 0 Å². The number of aromatic nitrogens is 3. The summed E-state index contributed by atoms with van der Waals surface area (Å²) in [6, 6.07) is 13.5. The molecule has 1 aromatic heterocycles. The maximum atomic E-state index is 12.5. The van der Waals surface area contributed by atoms with E-state index >= 15 is 0 Å². The predicted molar refractivity (Wildman–Crippen MR) is 128 cm³/mol. The van der Waals surface area contributed by atoms with E-state index in [0.717, 1.165) is 0 Å². The van der Waals surface area contributed by atoms with E-state index in [1.807, 2.05) is 10.6 Å². The molecule has 0 bridgehead atoms. The molecule has 0 aliphatic rings. The van der Waals surface area contributed by atoms with E-state index in [4.69, 9.17) is 34.8 Å². The van der Waals surface area contributed by atoms with Crippen LogP contribution in [0.2, 0.25) is 10.0 Å². The van der Waals surface area contributed by atoms with Gasteiger partial charge in [0.25, 0.3) is 0 Å². The number of thioether (sulfide) groups is 1. The summed E-state index contributed by atoms with van der Waals surface area (Å²) in [4.78, 5) is 12.5. The maximum Gasteiger partial charge on any atom is 0.227 e. The summed E-state index contributed by atoms with van der Waals surface area (Å²) in [5, 5.41) is 13.3. The number of carbonyl (C=O) groups is 1. The topological polar surface area (TPSA) is 59.8 Å². The summed E-state index contributed by atoms with van der Waals surface area (Å²) in [6.45, 7) is 5.82. The molecule has 3 aromatic rings. The van der Waals surface area contributed by atoms with Crippen LogP contribution in [0.1, 0.15) is 30.8 Å². The number of nitrogens with zero attached hydrogens (tertiary/aromatic N) is 3. The highest BCUT2D eigenvalue weighted by atomic mass is 35.5. The van der Waals surface area contributed by atoms with Gasteiger partial charge < -0.3 is 5.32 Å². The molecule has 1 N–H and O–H groups in total. The molecule has 3 rings (SSSR count). The van der Waals surface area contributed by atoms with Gasteiger partial charge >= 0.3 is 0 Å². The summed E-state index contributed by atoms with van der Waals surface area (Å²) < 4.78 is 1.84. The Hall–Kier alpha value is -1.73. The van der Waals surface area contributed by atoms with Gasteiger partial charge in [-0.15, -0.1) is 21.8 Å². The van der Waals surface area contributed by atoms with Gasteiger partial charge in [0.2, 0.25) is 5.91 Å². The lowest BCUT2D eigenvalue weighted by molar-refractivity contribution is -0.128. The second-order valence-electron chi connectivity index (χ2n) is 7.81. The van der Waals surface area contributed by atoms with Crippen molar-refractivity contribution >= 4 is 52.5 Å². The average molecular weight is 498 g/mol. The maximum absolute atomic E-state index is 12.5. The monoisotopic (exact) mass is 496 g/mol. The fourth-order valence-corrected chi connectivity index (χ4v) is 4.21. The van der Waals surface area contributed by atoms with Gasteiger partial charge in [0.1, 0.15) is 0 Å². The second-order valence-corrected chi connectivity index (χ2v) is 9.86. The molecule has 0 aliphatic heterocycles. The number of nitrogens with one attached hydrogen (secondary N) is 1. The predicted octanol–water partition coefficient (Wildman–Crippen LogP) is 6.06. The number of rotatable bonds is 8. The molecule has 0 radical (unpaired) electrons. The highest BCUT2D eigenvalue weighted by Gasteiger charge is 2.27. The highest BCUT2D eigenvalue weighted by Crippen LogP contribution is 2.31. The number of aryl methyl sites for hydroxylation is 1. The van der Waals surface area contributed by atoms with Crippen molar-refractivity contribution in [3.8, 4) is 5.69 Å². The van der Waals surface area contributed by atoms with Crippen LogP contribution in [0.25, 0.3) is 5.69 Å². The third-order valence-corrected chi connectivity index (χ3v) is 6.88. The highest BCUT2D eigenvalue weighted by molar-refractivity contribution is 7.98. The van der Waals surface area contributed by atoms with Gasteiger partial charge in [-0.3, -0.25) is 9.36 Å². The van der Waals surface area contributed by atoms with E-state index in [1.165, 1.54) is 22.9 Å². The van der Waals surface area contributed by atoms with Crippen LogP contribution >= 0.6 is 46.6 Å². The number of hydrogen-bond acceptors (Lipinski definition) is 4. The third-order valence-electron chi connectivity index (χ3n) is 4.66. The minimum Gasteiger partial charge on any atom is -0.348 e. The Bertz CT molecular complexity index is 1080. The van der Waals surface area contributed by atoms with Gasteiger partial charge in [0, 0.05) is 16.7 Å². The number of halogens is 3. The molecular formula is C22H23Cl3N4OS. The van der Waals surface area contributed by atoms with E-state index in [2.05, 4.69) is 40.6 Å². The molecule has 2 aromatic carbocycles. The van der Waals surface area contributed by atoms with E-state index in [1.54, 1.807) is 32.0 Å². The van der Waals surface area contributed by atoms with E-state index in [-0.39, 0.29) is 18.3 Å². The van der Waals surface area contributed by atoms with Crippen molar-refractivity contribution in [2.75, 3.05) is 5.88 Å². The lowest BCUT2D eigenvalue weighted by atomic mass is 9.95. The summed E-state index contributed by atoms with van der Waals surface area (Å²) in [6.07, 6.45) is 0. The van der Waals surface area contributed by atoms with Crippen molar-refractivity contribution in [2.24, 2.45) is 5.41 Å². The fraction of sp³-hybridized carbons (Fsp3) is 0.318. The molecule has 164 valence electrons. The van der Waals surface area contributed by atoms with Gasteiger partial charge in [0.15, 0.2) is 11.0 Å². The first-order valence-corrected chi connectivity index (χ1v) is 11.9. The van der Waals surface area contributed by atoms with Crippen LogP contribution in [-0.2, 0) is 17.1 Å². The summed E-state index contributed by atoms with van der Waals surface area (Å²) >= 11 is 20.2. The Morgan fingerprint density at radius 3 is 2.65 bits per heavy atom. The molecule has 0 unspecified atom stereocenters. The molecule has 0 aliphatic carbocycles. The van der Waals surface area contributed by atoms with Crippen LogP contribution in [0.5, 0.6) is 0 Å². The zero-order valence-corrected chi connectivity index (χ0v) is 20.5. The van der Waals surface area contributed by atoms with Crippen molar-refractivity contribution in [3.05, 3.63) is 69.5 Å². The first-order chi connectivity index (χ1) is 14.7. The number of amides is 1. The second kappa shape index (κ2) is 10.3. The molecule has 1 heterocycles. The molecule has 1 amide bonds. The summed E-state index contributed by atoms with van der Waals surface area (Å²) in [5.41, 5.74) is 2.34. The normalized spacial score (nSPS) is 11.5. The molecule has 0 saturated heterocycles. The molecule has 0 atom stereocenters. The summed E-state index contributed by atoms with van der Waals surface area (Å²) in [5.74, 6) is 1.31. The minimum absolute atomic E-state index is 0.164. The van der Waals surface area contributed by atoms with Gasteiger partial charge in [0.05, 0.1) is 22.7 Å². The molecule has 5 nitrogen and oxygen atoms in total. The average Bonchev–Trinajstić information content (AvgIpc) is 3.14. The van der Waals surface area contributed by atoms with E-state index < -0.39 is 5.41 Å². The van der Waals surface area contributed by atoms with E-state index in [0.29, 0.717) is 32.5 Å². The third kappa shape index (κ3) is 5.95. The number of alkyl halides is 1. The van der Waals surface area contributed by atoms with Crippen molar-refractivity contribution < 1.29 is 4.79 Å². The Kier molecular flexibility index (Phi) is 7.92. The first-order valence-electron chi connectivity index (χ1n) is 9.63. The SMILES string of the molecule is Cc1cccc(CSc2nnc(CNC(=O)C(C)(C)CCl)n2-c2cc(Cl)ccc2Cl)c1. The molecular weight excluding hydrogens is 475 g/mol. The van der Waals surface area contributed by atoms with Crippen molar-refractivity contribution in [2.45, 2.75) is 38.2 Å². The minimum atomic E-state index is -0.692. The van der Waals surface area contributed by atoms with Crippen LogP contribution in [0.15, 0.2) is 47.6 Å². The van der Waals surface area contributed by atoms with Crippen LogP contribution in [0.3, 0.4) is 0 Å². The molecule has 31 heavy (non-hydrogen) atoms. The van der Waals surface area contributed by atoms with Crippen molar-refractivity contribution in [1.82, 2.24) is 20.1 Å². The Morgan fingerprint density at radius 1 is 1.16 bits per heavy atom. The lowest BCUT2D eigenvalue weighted by Gasteiger charge is -2.20. The van der Waals surface area contributed by atoms with Gasteiger partial charge in [-0.2, -0.15) is 0 Å². The van der Waals surface area contributed by atoms with Gasteiger partial charge in [-0.1, -0.05) is 64.8 Å². The first kappa shape index (κ1) is 23.9. The number of carbonyl (C=O) groups excluding carboxylic acids is 1. The smallest absolute Gasteiger partial charge is 0.227 e. The molecule has 0 fully saturated rings. The van der Waals surface area contributed by atoms with E-state index in [9.17, 15) is 4.79 Å². The zero-order valence-electron chi connectivity index (χ0n) is 17.5. The lowest BCUT2D eigenvalue weighted by Crippen LogP contribution is -2.38. The van der Waals surface area contributed by atoms with Gasteiger partial charge in [-0.25, -0.2) is 0 Å². The quantitative estimate of drug-likeness (QED) is 0.304. The van der Waals surface area contributed by atoms with Crippen LogP contribution < -0.4 is 5.32 Å². The number of benzene rings is 2. The van der Waals surface area contributed by atoms with Gasteiger partial charge in [-0.05, 0) is 44.5 Å². The molecule has 9 heteroatoms. The van der Waals surface area contributed by atoms with Crippen molar-refractivity contribution in [3.63, 3.8) is 0 Å². The Labute approximate surface area is 201 Å². The molecule has 0 spiro atoms. The van der Waals surface area contributed by atoms with Crippen LogP contribution in [-0.4, -0.2) is 26.6 Å². The number of hydrogen-bond donors (Lipinski definition) is 1. The summed E-state index contributed by atoms with van der Waals surface area (Å²) in [7, 11) is 0. The Morgan fingerprint density at radius 2 is 1.94 bits per heavy atom.